The topological polar surface area (TPSA) is 68.1 Å². The molecule has 1 N–H and O–H groups in total. The summed E-state index contributed by atoms with van der Waals surface area (Å²) in [6, 6.07) is 6.39. The lowest BCUT2D eigenvalue weighted by molar-refractivity contribution is -0.384. The highest BCUT2D eigenvalue weighted by Crippen LogP contribution is 2.24. The Balaban J connectivity index is 1.98. The van der Waals surface area contributed by atoms with Crippen molar-refractivity contribution in [1.29, 1.82) is 0 Å². The van der Waals surface area contributed by atoms with Crippen molar-refractivity contribution in [3.8, 4) is 0 Å². The molecule has 1 aromatic heterocycles. The van der Waals surface area contributed by atoms with Crippen LogP contribution >= 0.6 is 11.3 Å². The first kappa shape index (κ1) is 14.5. The number of nitrogens with zero attached hydrogens (tertiary/aromatic N) is 2. The van der Waals surface area contributed by atoms with Crippen molar-refractivity contribution < 1.29 is 4.92 Å². The molecule has 0 radical (unpaired) electrons. The molecule has 2 rings (SSSR count). The van der Waals surface area contributed by atoms with E-state index in [0.29, 0.717) is 6.54 Å². The normalized spacial score (nSPS) is 11.3. The summed E-state index contributed by atoms with van der Waals surface area (Å²) in [6.07, 6.45) is 0. The predicted octanol–water partition coefficient (Wildman–Crippen LogP) is 3.96. The Morgan fingerprint density at radius 1 is 1.30 bits per heavy atom. The highest BCUT2D eigenvalue weighted by Gasteiger charge is 2.17. The van der Waals surface area contributed by atoms with Crippen LogP contribution in [0.3, 0.4) is 0 Å². The number of hydrogen-bond acceptors (Lipinski definition) is 5. The average molecular weight is 291 g/mol. The Bertz CT molecular complexity index is 600. The van der Waals surface area contributed by atoms with Crippen LogP contribution < -0.4 is 5.32 Å². The smallest absolute Gasteiger partial charge is 0.269 e. The number of nitro groups is 1. The first-order chi connectivity index (χ1) is 9.36. The monoisotopic (exact) mass is 291 g/mol. The number of non-ortho nitro benzene ring substituents is 1. The Morgan fingerprint density at radius 2 is 1.95 bits per heavy atom. The zero-order valence-corrected chi connectivity index (χ0v) is 12.5. The van der Waals surface area contributed by atoms with Crippen LogP contribution in [0.2, 0.25) is 0 Å². The molecule has 0 unspecified atom stereocenters. The van der Waals surface area contributed by atoms with Gasteiger partial charge in [0.05, 0.1) is 17.2 Å². The molecule has 0 aliphatic carbocycles. The Hall–Kier alpha value is -1.95. The molecular weight excluding hydrogens is 274 g/mol. The van der Waals surface area contributed by atoms with E-state index in [-0.39, 0.29) is 11.1 Å². The fraction of sp³-hybridized carbons (Fsp3) is 0.357. The molecule has 0 fully saturated rings. The average Bonchev–Trinajstić information content (AvgIpc) is 2.85. The van der Waals surface area contributed by atoms with Gasteiger partial charge in [0, 0.05) is 28.6 Å². The van der Waals surface area contributed by atoms with Gasteiger partial charge in [0.2, 0.25) is 0 Å². The molecule has 0 atom stereocenters. The van der Waals surface area contributed by atoms with E-state index in [1.807, 2.05) is 0 Å². The highest BCUT2D eigenvalue weighted by atomic mass is 32.1. The molecule has 2 aromatic rings. The van der Waals surface area contributed by atoms with Gasteiger partial charge in [0.25, 0.3) is 5.69 Å². The number of hydrogen-bond donors (Lipinski definition) is 1. The maximum absolute atomic E-state index is 10.6. The van der Waals surface area contributed by atoms with Crippen LogP contribution in [0.15, 0.2) is 29.6 Å². The van der Waals surface area contributed by atoms with E-state index in [4.69, 9.17) is 0 Å². The van der Waals surface area contributed by atoms with Crippen molar-refractivity contribution >= 4 is 22.7 Å². The zero-order chi connectivity index (χ0) is 14.8. The summed E-state index contributed by atoms with van der Waals surface area (Å²) in [5.74, 6) is 0. The summed E-state index contributed by atoms with van der Waals surface area (Å²) in [7, 11) is 0. The van der Waals surface area contributed by atoms with E-state index in [0.717, 1.165) is 16.4 Å². The molecular formula is C14H17N3O2S. The van der Waals surface area contributed by atoms with Gasteiger partial charge in [-0.25, -0.2) is 4.98 Å². The second-order valence-corrected chi connectivity index (χ2v) is 6.48. The van der Waals surface area contributed by atoms with Gasteiger partial charge in [-0.3, -0.25) is 10.1 Å². The molecule has 0 amide bonds. The van der Waals surface area contributed by atoms with Crippen LogP contribution in [0.1, 0.15) is 31.5 Å². The Kier molecular flexibility index (Phi) is 4.04. The van der Waals surface area contributed by atoms with Gasteiger partial charge in [-0.1, -0.05) is 20.8 Å². The number of anilines is 1. The van der Waals surface area contributed by atoms with Gasteiger partial charge in [-0.2, -0.15) is 0 Å². The van der Waals surface area contributed by atoms with Crippen LogP contribution in [-0.4, -0.2) is 9.91 Å². The summed E-state index contributed by atoms with van der Waals surface area (Å²) in [6.45, 7) is 7.03. The van der Waals surface area contributed by atoms with Crippen LogP contribution in [0.5, 0.6) is 0 Å². The molecule has 106 valence electrons. The lowest BCUT2D eigenvalue weighted by Gasteiger charge is -2.14. The summed E-state index contributed by atoms with van der Waals surface area (Å²) in [5.41, 5.74) is 2.09. The fourth-order valence-corrected chi connectivity index (χ4v) is 2.58. The summed E-state index contributed by atoms with van der Waals surface area (Å²) in [5, 5.41) is 16.9. The molecule has 1 heterocycles. The second-order valence-electron chi connectivity index (χ2n) is 5.53. The van der Waals surface area contributed by atoms with Crippen molar-refractivity contribution in [2.24, 2.45) is 0 Å². The first-order valence-electron chi connectivity index (χ1n) is 6.29. The first-order valence-corrected chi connectivity index (χ1v) is 7.17. The van der Waals surface area contributed by atoms with E-state index in [2.05, 4.69) is 36.5 Å². The number of rotatable bonds is 4. The molecule has 0 saturated heterocycles. The fourth-order valence-electron chi connectivity index (χ4n) is 1.62. The number of thiazole rings is 1. The standard InChI is InChI=1S/C14H17N3O2S/c1-14(2,3)12-9-20-13(16-12)8-15-10-4-6-11(7-5-10)17(18)19/h4-7,9,15H,8H2,1-3H3. The quantitative estimate of drug-likeness (QED) is 0.684. The summed E-state index contributed by atoms with van der Waals surface area (Å²) < 4.78 is 0. The minimum Gasteiger partial charge on any atom is -0.379 e. The number of aromatic nitrogens is 1. The summed E-state index contributed by atoms with van der Waals surface area (Å²) >= 11 is 1.62. The van der Waals surface area contributed by atoms with Gasteiger partial charge < -0.3 is 5.32 Å². The molecule has 0 saturated carbocycles. The zero-order valence-electron chi connectivity index (χ0n) is 11.7. The molecule has 6 heteroatoms. The maximum atomic E-state index is 10.6. The van der Waals surface area contributed by atoms with E-state index >= 15 is 0 Å². The SMILES string of the molecule is CC(C)(C)c1csc(CNc2ccc([N+](=O)[O-])cc2)n1. The number of nitro benzene ring substituents is 1. The lowest BCUT2D eigenvalue weighted by atomic mass is 9.93. The highest BCUT2D eigenvalue weighted by molar-refractivity contribution is 7.09. The van der Waals surface area contributed by atoms with Crippen molar-refractivity contribution in [1.82, 2.24) is 4.98 Å². The van der Waals surface area contributed by atoms with E-state index in [1.54, 1.807) is 23.5 Å². The van der Waals surface area contributed by atoms with Crippen LogP contribution in [0, 0.1) is 10.1 Å². The van der Waals surface area contributed by atoms with E-state index in [1.165, 1.54) is 12.1 Å². The maximum Gasteiger partial charge on any atom is 0.269 e. The van der Waals surface area contributed by atoms with Crippen LogP contribution in [0.4, 0.5) is 11.4 Å². The lowest BCUT2D eigenvalue weighted by Crippen LogP contribution is -2.11. The van der Waals surface area contributed by atoms with Gasteiger partial charge in [0.15, 0.2) is 0 Å². The minimum atomic E-state index is -0.403. The van der Waals surface area contributed by atoms with Crippen LogP contribution in [-0.2, 0) is 12.0 Å². The molecule has 0 spiro atoms. The minimum absolute atomic E-state index is 0.0576. The van der Waals surface area contributed by atoms with Crippen molar-refractivity contribution in [2.45, 2.75) is 32.7 Å². The predicted molar refractivity (Wildman–Crippen MR) is 81.2 cm³/mol. The Labute approximate surface area is 121 Å². The third kappa shape index (κ3) is 3.54. The number of nitrogens with one attached hydrogen (secondary N) is 1. The van der Waals surface area contributed by atoms with Gasteiger partial charge >= 0.3 is 0 Å². The molecule has 5 nitrogen and oxygen atoms in total. The Morgan fingerprint density at radius 3 is 2.45 bits per heavy atom. The van der Waals surface area contributed by atoms with Crippen LogP contribution in [0.25, 0.3) is 0 Å². The van der Waals surface area contributed by atoms with E-state index in [9.17, 15) is 10.1 Å². The third-order valence-electron chi connectivity index (χ3n) is 2.84. The van der Waals surface area contributed by atoms with Gasteiger partial charge in [-0.15, -0.1) is 11.3 Å². The number of benzene rings is 1. The van der Waals surface area contributed by atoms with Crippen molar-refractivity contribution in [2.75, 3.05) is 5.32 Å². The molecule has 0 bridgehead atoms. The third-order valence-corrected chi connectivity index (χ3v) is 3.69. The summed E-state index contributed by atoms with van der Waals surface area (Å²) in [4.78, 5) is 14.8. The van der Waals surface area contributed by atoms with Crippen molar-refractivity contribution in [3.05, 3.63) is 50.5 Å². The van der Waals surface area contributed by atoms with Crippen molar-refractivity contribution in [3.63, 3.8) is 0 Å². The van der Waals surface area contributed by atoms with Gasteiger partial charge in [-0.05, 0) is 12.1 Å². The molecule has 0 aliphatic heterocycles. The van der Waals surface area contributed by atoms with Gasteiger partial charge in [0.1, 0.15) is 5.01 Å². The second kappa shape index (κ2) is 5.58. The largest absolute Gasteiger partial charge is 0.379 e. The molecule has 0 aliphatic rings. The molecule has 20 heavy (non-hydrogen) atoms. The van der Waals surface area contributed by atoms with E-state index < -0.39 is 4.92 Å². The molecule has 1 aromatic carbocycles.